The summed E-state index contributed by atoms with van der Waals surface area (Å²) in [4.78, 5) is 15.1. The lowest BCUT2D eigenvalue weighted by atomic mass is 9.87. The van der Waals surface area contributed by atoms with Crippen molar-refractivity contribution in [1.82, 2.24) is 15.0 Å². The van der Waals surface area contributed by atoms with Gasteiger partial charge in [0.2, 0.25) is 0 Å². The summed E-state index contributed by atoms with van der Waals surface area (Å²) in [6.07, 6.45) is 1.82. The second-order valence-electron chi connectivity index (χ2n) is 8.56. The zero-order chi connectivity index (χ0) is 20.9. The van der Waals surface area contributed by atoms with E-state index in [1.807, 2.05) is 24.4 Å². The number of nitrogens with one attached hydrogen (secondary N) is 1. The number of ether oxygens (including phenoxy) is 1. The van der Waals surface area contributed by atoms with Crippen LogP contribution >= 0.6 is 15.9 Å². The topological polar surface area (TPSA) is 54.0 Å². The average molecular weight is 463 g/mol. The molecule has 0 saturated carbocycles. The molecule has 0 unspecified atom stereocenters. The number of fused-ring (bicyclic) bond motifs is 2. The lowest BCUT2D eigenvalue weighted by Gasteiger charge is -2.31. The van der Waals surface area contributed by atoms with Crippen molar-refractivity contribution in [2.75, 3.05) is 18.1 Å². The summed E-state index contributed by atoms with van der Waals surface area (Å²) in [5.74, 6) is 2.56. The van der Waals surface area contributed by atoms with E-state index < -0.39 is 0 Å². The fourth-order valence-corrected chi connectivity index (χ4v) is 4.04. The maximum absolute atomic E-state index is 6.12. The Kier molecular flexibility index (Phi) is 4.54. The van der Waals surface area contributed by atoms with E-state index in [2.05, 4.69) is 81.9 Å². The number of aromatic amines is 1. The number of H-pyrrole nitrogens is 1. The number of aromatic nitrogens is 3. The monoisotopic (exact) mass is 462 g/mol. The first kappa shape index (κ1) is 19.1. The summed E-state index contributed by atoms with van der Waals surface area (Å²) in [7, 11) is 0. The van der Waals surface area contributed by atoms with Gasteiger partial charge in [0.25, 0.3) is 0 Å². The Hall–Kier alpha value is -2.86. The van der Waals surface area contributed by atoms with Crippen molar-refractivity contribution in [3.05, 3.63) is 64.8 Å². The van der Waals surface area contributed by atoms with Crippen LogP contribution in [0.5, 0.6) is 5.75 Å². The molecule has 0 radical (unpaired) electrons. The summed E-state index contributed by atoms with van der Waals surface area (Å²) in [6.45, 7) is 7.99. The first-order valence-corrected chi connectivity index (χ1v) is 10.8. The lowest BCUT2D eigenvalue weighted by Crippen LogP contribution is -2.29. The van der Waals surface area contributed by atoms with Gasteiger partial charge in [0.1, 0.15) is 18.2 Å². The molecule has 30 heavy (non-hydrogen) atoms. The third-order valence-corrected chi connectivity index (χ3v) is 5.91. The number of imidazole rings is 1. The number of nitrogens with zero attached hydrogens (tertiary/aromatic N) is 3. The normalized spacial score (nSPS) is 13.9. The Morgan fingerprint density at radius 2 is 1.97 bits per heavy atom. The predicted molar refractivity (Wildman–Crippen MR) is 125 cm³/mol. The van der Waals surface area contributed by atoms with Crippen molar-refractivity contribution in [2.45, 2.75) is 26.2 Å². The van der Waals surface area contributed by atoms with Crippen LogP contribution in [0.25, 0.3) is 22.4 Å². The van der Waals surface area contributed by atoms with E-state index in [9.17, 15) is 0 Å². The fraction of sp³-hybridized carbons (Fsp3) is 0.250. The van der Waals surface area contributed by atoms with Gasteiger partial charge in [0.15, 0.2) is 5.75 Å². The second-order valence-corrected chi connectivity index (χ2v) is 9.47. The minimum atomic E-state index is 0.0838. The Bertz CT molecular complexity index is 1220. The number of hydrogen-bond donors (Lipinski definition) is 1. The molecule has 0 spiro atoms. The lowest BCUT2D eigenvalue weighted by molar-refractivity contribution is 0.315. The highest BCUT2D eigenvalue weighted by Gasteiger charge is 2.25. The minimum absolute atomic E-state index is 0.0838. The molecule has 1 aliphatic rings. The molecule has 0 atom stereocenters. The molecular formula is C24H23BrN4O. The molecule has 3 heterocycles. The fourth-order valence-electron chi connectivity index (χ4n) is 3.80. The molecule has 5 nitrogen and oxygen atoms in total. The smallest absolute Gasteiger partial charge is 0.154 e. The third kappa shape index (κ3) is 3.35. The molecular weight excluding hydrogens is 440 g/mol. The quantitative estimate of drug-likeness (QED) is 0.384. The number of anilines is 2. The van der Waals surface area contributed by atoms with Crippen molar-refractivity contribution in [3.63, 3.8) is 0 Å². The number of pyridine rings is 1. The molecule has 6 heteroatoms. The van der Waals surface area contributed by atoms with Crippen molar-refractivity contribution >= 4 is 38.5 Å². The Morgan fingerprint density at radius 3 is 2.73 bits per heavy atom. The molecule has 2 aromatic heterocycles. The van der Waals surface area contributed by atoms with Crippen LogP contribution in [0, 0.1) is 0 Å². The van der Waals surface area contributed by atoms with Gasteiger partial charge in [-0.1, -0.05) is 32.9 Å². The summed E-state index contributed by atoms with van der Waals surface area (Å²) in [5.41, 5.74) is 5.31. The van der Waals surface area contributed by atoms with Gasteiger partial charge in [0.05, 0.1) is 28.8 Å². The Labute approximate surface area is 184 Å². The summed E-state index contributed by atoms with van der Waals surface area (Å²) in [6, 6.07) is 16.6. The van der Waals surface area contributed by atoms with Gasteiger partial charge in [-0.15, -0.1) is 0 Å². The molecule has 5 rings (SSSR count). The van der Waals surface area contributed by atoms with Gasteiger partial charge in [0, 0.05) is 10.7 Å². The number of benzene rings is 2. The molecule has 0 aliphatic carbocycles. The van der Waals surface area contributed by atoms with E-state index in [1.165, 1.54) is 5.56 Å². The SMILES string of the molecule is CC(C)(C)c1ccc2[nH]c(-c3cccc4c3OCCN4c3ccc(Br)cn3)nc2c1. The number of halogens is 1. The molecule has 0 fully saturated rings. The van der Waals surface area contributed by atoms with Gasteiger partial charge >= 0.3 is 0 Å². The van der Waals surface area contributed by atoms with Crippen LogP contribution in [0.2, 0.25) is 0 Å². The average Bonchev–Trinajstić information content (AvgIpc) is 3.16. The van der Waals surface area contributed by atoms with E-state index >= 15 is 0 Å². The van der Waals surface area contributed by atoms with E-state index in [0.717, 1.165) is 50.7 Å². The number of rotatable bonds is 2. The standard InChI is InChI=1S/C24H23BrN4O/c1-24(2,3)15-7-9-18-19(13-15)28-23(27-18)17-5-4-6-20-22(17)30-12-11-29(20)21-10-8-16(25)14-26-21/h4-10,13-14H,11-12H2,1-3H3,(H,27,28). The Morgan fingerprint density at radius 1 is 1.10 bits per heavy atom. The summed E-state index contributed by atoms with van der Waals surface area (Å²) < 4.78 is 7.08. The molecule has 0 saturated heterocycles. The highest BCUT2D eigenvalue weighted by Crippen LogP contribution is 2.42. The number of hydrogen-bond acceptors (Lipinski definition) is 4. The molecule has 0 amide bonds. The molecule has 152 valence electrons. The summed E-state index contributed by atoms with van der Waals surface area (Å²) in [5, 5.41) is 0. The van der Waals surface area contributed by atoms with E-state index in [0.29, 0.717) is 6.61 Å². The van der Waals surface area contributed by atoms with Gasteiger partial charge in [-0.2, -0.15) is 0 Å². The predicted octanol–water partition coefficient (Wildman–Crippen LogP) is 6.22. The van der Waals surface area contributed by atoms with Crippen LogP contribution in [0.4, 0.5) is 11.5 Å². The largest absolute Gasteiger partial charge is 0.489 e. The summed E-state index contributed by atoms with van der Waals surface area (Å²) >= 11 is 3.46. The maximum Gasteiger partial charge on any atom is 0.154 e. The maximum atomic E-state index is 6.12. The molecule has 4 aromatic rings. The van der Waals surface area contributed by atoms with Crippen LogP contribution in [0.15, 0.2) is 59.2 Å². The van der Waals surface area contributed by atoms with Gasteiger partial charge in [-0.05, 0) is 63.3 Å². The molecule has 2 aromatic carbocycles. The van der Waals surface area contributed by atoms with E-state index in [-0.39, 0.29) is 5.41 Å². The van der Waals surface area contributed by atoms with Crippen LogP contribution in [0.3, 0.4) is 0 Å². The zero-order valence-corrected chi connectivity index (χ0v) is 18.8. The first-order valence-electron chi connectivity index (χ1n) is 10.1. The third-order valence-electron chi connectivity index (χ3n) is 5.44. The highest BCUT2D eigenvalue weighted by atomic mass is 79.9. The van der Waals surface area contributed by atoms with Gasteiger partial charge < -0.3 is 14.6 Å². The Balaban J connectivity index is 1.59. The zero-order valence-electron chi connectivity index (χ0n) is 17.2. The molecule has 0 bridgehead atoms. The first-order chi connectivity index (χ1) is 14.4. The molecule has 1 N–H and O–H groups in total. The van der Waals surface area contributed by atoms with Gasteiger partial charge in [-0.3, -0.25) is 0 Å². The van der Waals surface area contributed by atoms with Crippen LogP contribution in [0.1, 0.15) is 26.3 Å². The second kappa shape index (κ2) is 7.13. The van der Waals surface area contributed by atoms with Crippen LogP contribution in [-0.2, 0) is 5.41 Å². The minimum Gasteiger partial charge on any atom is -0.489 e. The number of para-hydroxylation sites is 1. The van der Waals surface area contributed by atoms with E-state index in [1.54, 1.807) is 0 Å². The van der Waals surface area contributed by atoms with Crippen LogP contribution < -0.4 is 9.64 Å². The van der Waals surface area contributed by atoms with Crippen molar-refractivity contribution in [3.8, 4) is 17.1 Å². The van der Waals surface area contributed by atoms with Crippen molar-refractivity contribution in [1.29, 1.82) is 0 Å². The van der Waals surface area contributed by atoms with Crippen molar-refractivity contribution in [2.24, 2.45) is 0 Å². The van der Waals surface area contributed by atoms with Crippen LogP contribution in [-0.4, -0.2) is 28.1 Å². The molecule has 1 aliphatic heterocycles. The van der Waals surface area contributed by atoms with Gasteiger partial charge in [-0.25, -0.2) is 9.97 Å². The highest BCUT2D eigenvalue weighted by molar-refractivity contribution is 9.10. The van der Waals surface area contributed by atoms with E-state index in [4.69, 9.17) is 9.72 Å². The van der Waals surface area contributed by atoms with Crippen molar-refractivity contribution < 1.29 is 4.74 Å².